The van der Waals surface area contributed by atoms with Gasteiger partial charge in [-0.1, -0.05) is 0 Å². The van der Waals surface area contributed by atoms with Gasteiger partial charge in [-0.05, 0) is 13.8 Å². The largest absolute Gasteiger partial charge is 0.395 e. The van der Waals surface area contributed by atoms with E-state index in [2.05, 4.69) is 15.5 Å². The number of hydrogen-bond donors (Lipinski definition) is 3. The van der Waals surface area contributed by atoms with Crippen molar-refractivity contribution >= 4 is 17.5 Å². The average Bonchev–Trinajstić information content (AvgIpc) is 2.63. The topological polar surface area (TPSA) is 104 Å². The van der Waals surface area contributed by atoms with Crippen molar-refractivity contribution in [3.05, 3.63) is 11.4 Å². The molecular weight excluding hydrogens is 222 g/mol. The number of aromatic amines is 1. The van der Waals surface area contributed by atoms with E-state index in [1.54, 1.807) is 13.8 Å². The summed E-state index contributed by atoms with van der Waals surface area (Å²) in [5.41, 5.74) is 6.93. The lowest BCUT2D eigenvalue weighted by atomic mass is 10.1. The molecule has 0 saturated carbocycles. The van der Waals surface area contributed by atoms with Crippen molar-refractivity contribution < 1.29 is 9.59 Å². The van der Waals surface area contributed by atoms with E-state index in [-0.39, 0.29) is 17.5 Å². The van der Waals surface area contributed by atoms with E-state index in [1.165, 1.54) is 4.90 Å². The Balaban J connectivity index is 2.25. The van der Waals surface area contributed by atoms with Crippen molar-refractivity contribution in [3.8, 4) is 0 Å². The molecule has 1 aromatic heterocycles. The van der Waals surface area contributed by atoms with Crippen LogP contribution in [0, 0.1) is 6.92 Å². The Bertz CT molecular complexity index is 467. The second kappa shape index (κ2) is 4.08. The molecule has 0 aliphatic carbocycles. The molecule has 7 heteroatoms. The highest BCUT2D eigenvalue weighted by atomic mass is 16.2. The number of nitrogens with zero attached hydrogens (tertiary/aromatic N) is 2. The van der Waals surface area contributed by atoms with Crippen LogP contribution >= 0.6 is 0 Å². The molecule has 1 aliphatic rings. The van der Waals surface area contributed by atoms with E-state index < -0.39 is 6.04 Å². The van der Waals surface area contributed by atoms with Crippen LogP contribution in [0.5, 0.6) is 0 Å². The Hall–Kier alpha value is -2.05. The number of nitrogens with two attached hydrogens (primary N) is 1. The third kappa shape index (κ3) is 1.83. The van der Waals surface area contributed by atoms with E-state index in [0.29, 0.717) is 24.5 Å². The van der Waals surface area contributed by atoms with Gasteiger partial charge < -0.3 is 16.0 Å². The van der Waals surface area contributed by atoms with Gasteiger partial charge in [-0.2, -0.15) is 5.10 Å². The fraction of sp³-hybridized carbons (Fsp3) is 0.500. The maximum Gasteiger partial charge on any atom is 0.277 e. The second-order valence-electron chi connectivity index (χ2n) is 4.08. The maximum atomic E-state index is 12.2. The number of carbonyl (C=O) groups excluding carboxylic acids is 2. The fourth-order valence-electron chi connectivity index (χ4n) is 1.80. The van der Waals surface area contributed by atoms with Crippen molar-refractivity contribution in [3.63, 3.8) is 0 Å². The Morgan fingerprint density at radius 3 is 2.88 bits per heavy atom. The van der Waals surface area contributed by atoms with Crippen LogP contribution < -0.4 is 11.1 Å². The first-order valence-corrected chi connectivity index (χ1v) is 5.41. The minimum absolute atomic E-state index is 0.157. The molecule has 2 heterocycles. The van der Waals surface area contributed by atoms with Gasteiger partial charge in [-0.15, -0.1) is 0 Å². The van der Waals surface area contributed by atoms with Crippen molar-refractivity contribution in [2.24, 2.45) is 0 Å². The Labute approximate surface area is 98.4 Å². The zero-order valence-electron chi connectivity index (χ0n) is 9.78. The van der Waals surface area contributed by atoms with Crippen molar-refractivity contribution in [2.45, 2.75) is 19.9 Å². The normalized spacial score (nSPS) is 20.2. The van der Waals surface area contributed by atoms with Crippen LogP contribution in [0.4, 0.5) is 5.69 Å². The number of aromatic nitrogens is 2. The monoisotopic (exact) mass is 237 g/mol. The van der Waals surface area contributed by atoms with Gasteiger partial charge in [0.1, 0.15) is 6.04 Å². The molecular formula is C10H15N5O2. The summed E-state index contributed by atoms with van der Waals surface area (Å²) in [7, 11) is 0. The minimum Gasteiger partial charge on any atom is -0.395 e. The number of anilines is 1. The molecule has 4 N–H and O–H groups in total. The predicted molar refractivity (Wildman–Crippen MR) is 61.2 cm³/mol. The Kier molecular flexibility index (Phi) is 2.74. The number of piperazine rings is 1. The quantitative estimate of drug-likeness (QED) is 0.598. The molecule has 1 fully saturated rings. The van der Waals surface area contributed by atoms with Gasteiger partial charge in [0.2, 0.25) is 5.91 Å². The highest BCUT2D eigenvalue weighted by Crippen LogP contribution is 2.17. The van der Waals surface area contributed by atoms with E-state index in [9.17, 15) is 9.59 Å². The standard InChI is InChI=1S/C10H15N5O2/c1-5-7(11)8(14-13-5)10(17)15-4-3-12-9(16)6(15)2/h6H,3-4,11H2,1-2H3,(H,12,16)(H,13,14). The summed E-state index contributed by atoms with van der Waals surface area (Å²) in [6.45, 7) is 4.35. The first-order chi connectivity index (χ1) is 8.02. The minimum atomic E-state index is -0.493. The summed E-state index contributed by atoms with van der Waals surface area (Å²) in [6.07, 6.45) is 0. The second-order valence-corrected chi connectivity index (χ2v) is 4.08. The van der Waals surface area contributed by atoms with Gasteiger partial charge in [-0.25, -0.2) is 0 Å². The number of hydrogen-bond acceptors (Lipinski definition) is 4. The number of H-pyrrole nitrogens is 1. The number of carbonyl (C=O) groups is 2. The molecule has 1 aromatic rings. The molecule has 0 aromatic carbocycles. The number of rotatable bonds is 1. The van der Waals surface area contributed by atoms with E-state index in [1.807, 2.05) is 0 Å². The van der Waals surface area contributed by atoms with Crippen LogP contribution in [0.3, 0.4) is 0 Å². The SMILES string of the molecule is Cc1[nH]nc(C(=O)N2CCNC(=O)C2C)c1N. The van der Waals surface area contributed by atoms with Crippen LogP contribution in [0.1, 0.15) is 23.1 Å². The van der Waals surface area contributed by atoms with Gasteiger partial charge in [-0.3, -0.25) is 14.7 Å². The molecule has 1 unspecified atom stereocenters. The molecule has 0 spiro atoms. The van der Waals surface area contributed by atoms with Gasteiger partial charge in [0.25, 0.3) is 5.91 Å². The third-order valence-corrected chi connectivity index (χ3v) is 2.96. The summed E-state index contributed by atoms with van der Waals surface area (Å²) in [4.78, 5) is 25.1. The molecule has 92 valence electrons. The van der Waals surface area contributed by atoms with Crippen LogP contribution in [0.2, 0.25) is 0 Å². The Morgan fingerprint density at radius 2 is 2.29 bits per heavy atom. The van der Waals surface area contributed by atoms with Gasteiger partial charge >= 0.3 is 0 Å². The zero-order valence-corrected chi connectivity index (χ0v) is 9.78. The zero-order chi connectivity index (χ0) is 12.6. The van der Waals surface area contributed by atoms with Crippen molar-refractivity contribution in [1.82, 2.24) is 20.4 Å². The lowest BCUT2D eigenvalue weighted by Crippen LogP contribution is -2.56. The summed E-state index contributed by atoms with van der Waals surface area (Å²) in [5.74, 6) is -0.468. The molecule has 1 saturated heterocycles. The van der Waals surface area contributed by atoms with Crippen molar-refractivity contribution in [1.29, 1.82) is 0 Å². The van der Waals surface area contributed by atoms with Crippen LogP contribution in [0.15, 0.2) is 0 Å². The van der Waals surface area contributed by atoms with Crippen LogP contribution in [-0.2, 0) is 4.79 Å². The molecule has 1 aliphatic heterocycles. The van der Waals surface area contributed by atoms with Gasteiger partial charge in [0.15, 0.2) is 5.69 Å². The molecule has 2 rings (SSSR count). The van der Waals surface area contributed by atoms with Crippen LogP contribution in [0.25, 0.3) is 0 Å². The first kappa shape index (κ1) is 11.4. The van der Waals surface area contributed by atoms with E-state index in [4.69, 9.17) is 5.73 Å². The average molecular weight is 237 g/mol. The predicted octanol–water partition coefficient (Wildman–Crippen LogP) is -0.739. The molecule has 0 radical (unpaired) electrons. The van der Waals surface area contributed by atoms with Gasteiger partial charge in [0.05, 0.1) is 11.4 Å². The molecule has 2 amide bonds. The van der Waals surface area contributed by atoms with Crippen LogP contribution in [-0.4, -0.2) is 46.0 Å². The lowest BCUT2D eigenvalue weighted by Gasteiger charge is -2.32. The molecule has 17 heavy (non-hydrogen) atoms. The summed E-state index contributed by atoms with van der Waals surface area (Å²) < 4.78 is 0. The summed E-state index contributed by atoms with van der Waals surface area (Å²) >= 11 is 0. The number of amides is 2. The molecule has 0 bridgehead atoms. The fourth-order valence-corrected chi connectivity index (χ4v) is 1.80. The number of aryl methyl sites for hydroxylation is 1. The molecule has 1 atom stereocenters. The first-order valence-electron chi connectivity index (χ1n) is 5.41. The lowest BCUT2D eigenvalue weighted by molar-refractivity contribution is -0.127. The smallest absolute Gasteiger partial charge is 0.277 e. The Morgan fingerprint density at radius 1 is 1.59 bits per heavy atom. The number of nitrogens with one attached hydrogen (secondary N) is 2. The summed E-state index contributed by atoms with van der Waals surface area (Å²) in [6, 6.07) is -0.493. The highest BCUT2D eigenvalue weighted by molar-refractivity contribution is 6.00. The van der Waals surface area contributed by atoms with E-state index >= 15 is 0 Å². The highest BCUT2D eigenvalue weighted by Gasteiger charge is 2.32. The van der Waals surface area contributed by atoms with Gasteiger partial charge in [0, 0.05) is 13.1 Å². The third-order valence-electron chi connectivity index (χ3n) is 2.96. The molecule has 7 nitrogen and oxygen atoms in total. The number of nitrogen functional groups attached to an aromatic ring is 1. The summed E-state index contributed by atoms with van der Waals surface area (Å²) in [5, 5.41) is 9.23. The maximum absolute atomic E-state index is 12.2. The van der Waals surface area contributed by atoms with Crippen molar-refractivity contribution in [2.75, 3.05) is 18.8 Å². The van der Waals surface area contributed by atoms with E-state index in [0.717, 1.165) is 0 Å².